The minimum atomic E-state index is -4.58. The predicted octanol–water partition coefficient (Wildman–Crippen LogP) is 4.67. The van der Waals surface area contributed by atoms with Crippen LogP contribution in [0.5, 0.6) is 0 Å². The lowest BCUT2D eigenvalue weighted by atomic mass is 10.1. The summed E-state index contributed by atoms with van der Waals surface area (Å²) in [4.78, 5) is 25.9. The van der Waals surface area contributed by atoms with Gasteiger partial charge in [0.15, 0.2) is 9.84 Å². The molecule has 10 heteroatoms. The van der Waals surface area contributed by atoms with E-state index in [-0.39, 0.29) is 22.7 Å². The fourth-order valence-corrected chi connectivity index (χ4v) is 4.89. The molecule has 0 aliphatic carbocycles. The number of hydrogen-bond donors (Lipinski definition) is 1. The number of benzene rings is 2. The highest BCUT2D eigenvalue weighted by Gasteiger charge is 2.30. The summed E-state index contributed by atoms with van der Waals surface area (Å²) >= 11 is 0. The highest BCUT2D eigenvalue weighted by Crippen LogP contribution is 2.30. The largest absolute Gasteiger partial charge is 0.416 e. The molecule has 2 aromatic carbocycles. The summed E-state index contributed by atoms with van der Waals surface area (Å²) in [7, 11) is -3.44. The van der Waals surface area contributed by atoms with Gasteiger partial charge in [-0.2, -0.15) is 13.2 Å². The molecule has 1 atom stereocenters. The maximum absolute atomic E-state index is 13.1. The molecule has 1 amide bonds. The van der Waals surface area contributed by atoms with Crippen molar-refractivity contribution in [3.8, 4) is 5.69 Å². The SMILES string of the molecule is CCC(C)S(=O)(=O)c1ccc(CNC(=O)c2ccc(C)n(-c3cccc(C(F)(F)F)c3)c2=O)cc1. The van der Waals surface area contributed by atoms with E-state index < -0.39 is 38.3 Å². The molecule has 0 aliphatic heterocycles. The molecule has 0 fully saturated rings. The predicted molar refractivity (Wildman–Crippen MR) is 126 cm³/mol. The Morgan fingerprint density at radius 1 is 1.06 bits per heavy atom. The third-order valence-corrected chi connectivity index (χ3v) is 8.09. The maximum Gasteiger partial charge on any atom is 0.416 e. The lowest BCUT2D eigenvalue weighted by molar-refractivity contribution is -0.137. The highest BCUT2D eigenvalue weighted by atomic mass is 32.2. The van der Waals surface area contributed by atoms with Gasteiger partial charge in [-0.3, -0.25) is 14.2 Å². The number of hydrogen-bond acceptors (Lipinski definition) is 4. The zero-order valence-corrected chi connectivity index (χ0v) is 20.2. The van der Waals surface area contributed by atoms with Crippen molar-refractivity contribution in [3.63, 3.8) is 0 Å². The Morgan fingerprint density at radius 2 is 1.71 bits per heavy atom. The van der Waals surface area contributed by atoms with Crippen LogP contribution in [0, 0.1) is 6.92 Å². The van der Waals surface area contributed by atoms with Crippen LogP contribution in [0.15, 0.2) is 70.4 Å². The molecule has 1 unspecified atom stereocenters. The number of carbonyl (C=O) groups excluding carboxylic acids is 1. The second-order valence-electron chi connectivity index (χ2n) is 8.17. The summed E-state index contributed by atoms with van der Waals surface area (Å²) in [5, 5.41) is 2.08. The molecule has 1 aromatic heterocycles. The average Bonchev–Trinajstić information content (AvgIpc) is 2.82. The van der Waals surface area contributed by atoms with Crippen LogP contribution in [0.1, 0.15) is 47.4 Å². The monoisotopic (exact) mass is 506 g/mol. The lowest BCUT2D eigenvalue weighted by Gasteiger charge is -2.14. The van der Waals surface area contributed by atoms with Gasteiger partial charge in [-0.25, -0.2) is 8.42 Å². The highest BCUT2D eigenvalue weighted by molar-refractivity contribution is 7.92. The molecule has 6 nitrogen and oxygen atoms in total. The molecule has 35 heavy (non-hydrogen) atoms. The Bertz CT molecular complexity index is 1400. The number of carbonyl (C=O) groups is 1. The van der Waals surface area contributed by atoms with E-state index >= 15 is 0 Å². The molecule has 0 aliphatic rings. The Hall–Kier alpha value is -3.40. The number of amides is 1. The van der Waals surface area contributed by atoms with Crippen LogP contribution in [-0.4, -0.2) is 24.1 Å². The van der Waals surface area contributed by atoms with Crippen molar-refractivity contribution >= 4 is 15.7 Å². The number of nitrogens with zero attached hydrogens (tertiary/aromatic N) is 1. The molecule has 0 bridgehead atoms. The molecule has 0 radical (unpaired) electrons. The average molecular weight is 507 g/mol. The summed E-state index contributed by atoms with van der Waals surface area (Å²) in [6.07, 6.45) is -4.10. The Balaban J connectivity index is 1.82. The molecule has 186 valence electrons. The number of aryl methyl sites for hydroxylation is 1. The molecule has 1 heterocycles. The van der Waals surface area contributed by atoms with Crippen LogP contribution < -0.4 is 10.9 Å². The standard InChI is InChI=1S/C25H25F3N2O4S/c1-4-17(3)35(33,34)21-11-9-18(10-12-21)15-29-23(31)22-13-8-16(2)30(24(22)32)20-7-5-6-19(14-20)25(26,27)28/h5-14,17H,4,15H2,1-3H3,(H,29,31). The van der Waals surface area contributed by atoms with Crippen LogP contribution in [0.25, 0.3) is 5.69 Å². The minimum Gasteiger partial charge on any atom is -0.348 e. The Kier molecular flexibility index (Phi) is 7.54. The summed E-state index contributed by atoms with van der Waals surface area (Å²) in [5.41, 5.74) is -0.915. The van der Waals surface area contributed by atoms with E-state index in [1.807, 2.05) is 0 Å². The number of sulfone groups is 1. The van der Waals surface area contributed by atoms with Crippen molar-refractivity contribution < 1.29 is 26.4 Å². The van der Waals surface area contributed by atoms with Gasteiger partial charge in [-0.05, 0) is 68.3 Å². The minimum absolute atomic E-state index is 0.00455. The number of nitrogens with one attached hydrogen (secondary N) is 1. The Morgan fingerprint density at radius 3 is 2.31 bits per heavy atom. The van der Waals surface area contributed by atoms with E-state index in [2.05, 4.69) is 5.32 Å². The van der Waals surface area contributed by atoms with Crippen molar-refractivity contribution in [2.75, 3.05) is 0 Å². The van der Waals surface area contributed by atoms with Crippen molar-refractivity contribution in [1.29, 1.82) is 0 Å². The van der Waals surface area contributed by atoms with Gasteiger partial charge >= 0.3 is 6.18 Å². The van der Waals surface area contributed by atoms with E-state index in [9.17, 15) is 31.2 Å². The van der Waals surface area contributed by atoms with E-state index in [1.54, 1.807) is 32.9 Å². The topological polar surface area (TPSA) is 85.2 Å². The first-order valence-electron chi connectivity index (χ1n) is 10.9. The molecular formula is C25H25F3N2O4S. The summed E-state index contributed by atoms with van der Waals surface area (Å²) in [6.45, 7) is 5.01. The Labute approximate surface area is 201 Å². The van der Waals surface area contributed by atoms with Gasteiger partial charge in [0, 0.05) is 17.9 Å². The van der Waals surface area contributed by atoms with E-state index in [4.69, 9.17) is 0 Å². The number of alkyl halides is 3. The summed E-state index contributed by atoms with van der Waals surface area (Å²) in [6, 6.07) is 13.2. The molecule has 0 saturated heterocycles. The molecule has 0 spiro atoms. The van der Waals surface area contributed by atoms with Crippen LogP contribution in [0.4, 0.5) is 13.2 Å². The third-order valence-electron chi connectivity index (χ3n) is 5.76. The second kappa shape index (κ2) is 10.1. The van der Waals surface area contributed by atoms with Crippen molar-refractivity contribution in [3.05, 3.63) is 93.4 Å². The van der Waals surface area contributed by atoms with Crippen molar-refractivity contribution in [2.45, 2.75) is 50.1 Å². The smallest absolute Gasteiger partial charge is 0.348 e. The third kappa shape index (κ3) is 5.64. The van der Waals surface area contributed by atoms with Gasteiger partial charge in [0.25, 0.3) is 11.5 Å². The first kappa shape index (κ1) is 26.2. The van der Waals surface area contributed by atoms with Crippen LogP contribution in [-0.2, 0) is 22.6 Å². The maximum atomic E-state index is 13.1. The van der Waals surface area contributed by atoms with E-state index in [1.165, 1.54) is 36.4 Å². The zero-order valence-electron chi connectivity index (χ0n) is 19.4. The van der Waals surface area contributed by atoms with Gasteiger partial charge in [0.2, 0.25) is 0 Å². The summed E-state index contributed by atoms with van der Waals surface area (Å²) in [5.74, 6) is -0.702. The van der Waals surface area contributed by atoms with Crippen LogP contribution in [0.3, 0.4) is 0 Å². The molecule has 3 aromatic rings. The van der Waals surface area contributed by atoms with Crippen molar-refractivity contribution in [2.24, 2.45) is 0 Å². The molecule has 3 rings (SSSR count). The molecular weight excluding hydrogens is 481 g/mol. The van der Waals surface area contributed by atoms with Crippen LogP contribution >= 0.6 is 0 Å². The van der Waals surface area contributed by atoms with Crippen molar-refractivity contribution in [1.82, 2.24) is 9.88 Å². The fraction of sp³-hybridized carbons (Fsp3) is 0.280. The van der Waals surface area contributed by atoms with Gasteiger partial charge in [-0.1, -0.05) is 25.1 Å². The number of aromatic nitrogens is 1. The number of rotatable bonds is 7. The van der Waals surface area contributed by atoms with Gasteiger partial charge in [0.05, 0.1) is 15.7 Å². The first-order chi connectivity index (χ1) is 16.4. The van der Waals surface area contributed by atoms with Gasteiger partial charge in [0.1, 0.15) is 5.56 Å². The van der Waals surface area contributed by atoms with E-state index in [0.29, 0.717) is 17.7 Å². The van der Waals surface area contributed by atoms with Gasteiger partial charge < -0.3 is 5.32 Å². The normalized spacial score (nSPS) is 12.9. The van der Waals surface area contributed by atoms with Crippen LogP contribution in [0.2, 0.25) is 0 Å². The lowest BCUT2D eigenvalue weighted by Crippen LogP contribution is -2.33. The molecule has 0 saturated carbocycles. The quantitative estimate of drug-likeness (QED) is 0.505. The van der Waals surface area contributed by atoms with E-state index in [0.717, 1.165) is 16.7 Å². The summed E-state index contributed by atoms with van der Waals surface area (Å²) < 4.78 is 65.3. The first-order valence-corrected chi connectivity index (χ1v) is 12.4. The number of halogens is 3. The molecule has 1 N–H and O–H groups in total. The van der Waals surface area contributed by atoms with Gasteiger partial charge in [-0.15, -0.1) is 0 Å². The second-order valence-corrected chi connectivity index (χ2v) is 10.5. The zero-order chi connectivity index (χ0) is 26.0. The number of pyridine rings is 1. The fourth-order valence-electron chi connectivity index (χ4n) is 3.47.